The standard InChI is InChI=1S/C21H20N2O3S/c24-20(14-26-17-6-2-1-3-7-17)22-16-8-9-18-15(12-16)13-19(27-18)21(25)23-10-4-5-11-23/h1-3,6-9,12-13H,4-5,10-11,14H2,(H,22,24). The summed E-state index contributed by atoms with van der Waals surface area (Å²) in [6.07, 6.45) is 2.16. The first-order valence-corrected chi connectivity index (χ1v) is 9.81. The second-order valence-corrected chi connectivity index (χ2v) is 7.60. The van der Waals surface area contributed by atoms with Crippen LogP contribution >= 0.6 is 11.3 Å². The van der Waals surface area contributed by atoms with Crippen molar-refractivity contribution in [1.82, 2.24) is 4.90 Å². The quantitative estimate of drug-likeness (QED) is 0.723. The molecule has 2 amide bonds. The molecular weight excluding hydrogens is 360 g/mol. The average molecular weight is 380 g/mol. The van der Waals surface area contributed by atoms with E-state index in [1.54, 1.807) is 0 Å². The second kappa shape index (κ2) is 7.80. The number of nitrogens with zero attached hydrogens (tertiary/aromatic N) is 1. The minimum absolute atomic E-state index is 0.0512. The van der Waals surface area contributed by atoms with Crippen molar-refractivity contribution in [3.8, 4) is 5.75 Å². The zero-order valence-electron chi connectivity index (χ0n) is 14.8. The minimum atomic E-state index is -0.221. The fraction of sp³-hybridized carbons (Fsp3) is 0.238. The van der Waals surface area contributed by atoms with E-state index < -0.39 is 0 Å². The van der Waals surface area contributed by atoms with Crippen LogP contribution in [0.2, 0.25) is 0 Å². The molecule has 0 aliphatic carbocycles. The minimum Gasteiger partial charge on any atom is -0.484 e. The molecule has 0 saturated carbocycles. The van der Waals surface area contributed by atoms with E-state index in [1.807, 2.05) is 59.5 Å². The highest BCUT2D eigenvalue weighted by Gasteiger charge is 2.21. The molecule has 0 unspecified atom stereocenters. The molecule has 1 aromatic heterocycles. The van der Waals surface area contributed by atoms with Gasteiger partial charge in [-0.05, 0) is 54.6 Å². The van der Waals surface area contributed by atoms with E-state index in [-0.39, 0.29) is 18.4 Å². The van der Waals surface area contributed by atoms with E-state index >= 15 is 0 Å². The number of para-hydroxylation sites is 1. The molecule has 27 heavy (non-hydrogen) atoms. The van der Waals surface area contributed by atoms with Crippen molar-refractivity contribution in [3.05, 3.63) is 59.5 Å². The number of ether oxygens (including phenoxy) is 1. The van der Waals surface area contributed by atoms with Gasteiger partial charge in [-0.3, -0.25) is 9.59 Å². The van der Waals surface area contributed by atoms with Gasteiger partial charge in [0.25, 0.3) is 11.8 Å². The summed E-state index contributed by atoms with van der Waals surface area (Å²) in [5.74, 6) is 0.545. The van der Waals surface area contributed by atoms with Crippen LogP contribution in [0.25, 0.3) is 10.1 Å². The van der Waals surface area contributed by atoms with Gasteiger partial charge in [-0.1, -0.05) is 18.2 Å². The first kappa shape index (κ1) is 17.5. The van der Waals surface area contributed by atoms with E-state index in [0.29, 0.717) is 11.4 Å². The van der Waals surface area contributed by atoms with Gasteiger partial charge in [0.1, 0.15) is 5.75 Å². The van der Waals surface area contributed by atoms with Crippen molar-refractivity contribution in [2.45, 2.75) is 12.8 Å². The Balaban J connectivity index is 1.42. The lowest BCUT2D eigenvalue weighted by Gasteiger charge is -2.13. The van der Waals surface area contributed by atoms with Crippen molar-refractivity contribution in [3.63, 3.8) is 0 Å². The summed E-state index contributed by atoms with van der Waals surface area (Å²) in [5.41, 5.74) is 0.696. The van der Waals surface area contributed by atoms with Gasteiger partial charge in [0.05, 0.1) is 4.88 Å². The van der Waals surface area contributed by atoms with E-state index in [2.05, 4.69) is 5.32 Å². The van der Waals surface area contributed by atoms with Crippen molar-refractivity contribution in [1.29, 1.82) is 0 Å². The predicted molar refractivity (Wildman–Crippen MR) is 108 cm³/mol. The molecule has 1 N–H and O–H groups in total. The van der Waals surface area contributed by atoms with Crippen molar-refractivity contribution in [2.75, 3.05) is 25.0 Å². The summed E-state index contributed by atoms with van der Waals surface area (Å²) < 4.78 is 6.50. The third kappa shape index (κ3) is 4.11. The monoisotopic (exact) mass is 380 g/mol. The molecular formula is C21H20N2O3S. The number of nitrogens with one attached hydrogen (secondary N) is 1. The highest BCUT2D eigenvalue weighted by atomic mass is 32.1. The number of thiophene rings is 1. The molecule has 1 aliphatic rings. The summed E-state index contributed by atoms with van der Waals surface area (Å²) in [5, 5.41) is 3.81. The first-order chi connectivity index (χ1) is 13.2. The van der Waals surface area contributed by atoms with Crippen LogP contribution in [-0.4, -0.2) is 36.4 Å². The molecule has 0 spiro atoms. The number of benzene rings is 2. The molecule has 4 rings (SSSR count). The highest BCUT2D eigenvalue weighted by Crippen LogP contribution is 2.29. The number of hydrogen-bond acceptors (Lipinski definition) is 4. The van der Waals surface area contributed by atoms with Gasteiger partial charge in [0.15, 0.2) is 6.61 Å². The van der Waals surface area contributed by atoms with Gasteiger partial charge in [-0.2, -0.15) is 0 Å². The maximum atomic E-state index is 12.5. The number of carbonyl (C=O) groups is 2. The van der Waals surface area contributed by atoms with Crippen LogP contribution in [0.1, 0.15) is 22.5 Å². The lowest BCUT2D eigenvalue weighted by Crippen LogP contribution is -2.26. The normalized spacial score (nSPS) is 13.7. The molecule has 2 heterocycles. The van der Waals surface area contributed by atoms with Crippen molar-refractivity contribution >= 4 is 38.9 Å². The predicted octanol–water partition coefficient (Wildman–Crippen LogP) is 4.15. The molecule has 3 aromatic rings. The van der Waals surface area contributed by atoms with Gasteiger partial charge in [0, 0.05) is 23.5 Å². The van der Waals surface area contributed by atoms with E-state index in [0.717, 1.165) is 40.9 Å². The van der Waals surface area contributed by atoms with Crippen LogP contribution in [0.5, 0.6) is 5.75 Å². The first-order valence-electron chi connectivity index (χ1n) is 8.99. The molecule has 6 heteroatoms. The molecule has 0 bridgehead atoms. The number of hydrogen-bond donors (Lipinski definition) is 1. The Kier molecular flexibility index (Phi) is 5.07. The fourth-order valence-corrected chi connectivity index (χ4v) is 4.18. The van der Waals surface area contributed by atoms with Crippen LogP contribution < -0.4 is 10.1 Å². The molecule has 0 radical (unpaired) electrons. The fourth-order valence-electron chi connectivity index (χ4n) is 3.17. The average Bonchev–Trinajstić information content (AvgIpc) is 3.36. The second-order valence-electron chi connectivity index (χ2n) is 6.51. The molecule has 138 valence electrons. The Morgan fingerprint density at radius 1 is 1.04 bits per heavy atom. The number of amides is 2. The Hall–Kier alpha value is -2.86. The molecule has 1 saturated heterocycles. The summed E-state index contributed by atoms with van der Waals surface area (Å²) in [6.45, 7) is 1.63. The third-order valence-electron chi connectivity index (χ3n) is 4.52. The van der Waals surface area contributed by atoms with Crippen molar-refractivity contribution < 1.29 is 14.3 Å². The van der Waals surface area contributed by atoms with Gasteiger partial charge in [-0.15, -0.1) is 11.3 Å². The van der Waals surface area contributed by atoms with E-state index in [4.69, 9.17) is 4.74 Å². The number of anilines is 1. The van der Waals surface area contributed by atoms with Crippen LogP contribution in [-0.2, 0) is 4.79 Å². The largest absolute Gasteiger partial charge is 0.484 e. The van der Waals surface area contributed by atoms with E-state index in [1.165, 1.54) is 11.3 Å². The summed E-state index contributed by atoms with van der Waals surface area (Å²) in [7, 11) is 0. The maximum Gasteiger partial charge on any atom is 0.263 e. The van der Waals surface area contributed by atoms with Crippen LogP contribution in [0.3, 0.4) is 0 Å². The maximum absolute atomic E-state index is 12.5. The smallest absolute Gasteiger partial charge is 0.263 e. The Morgan fingerprint density at radius 2 is 1.81 bits per heavy atom. The summed E-state index contributed by atoms with van der Waals surface area (Å²) >= 11 is 1.50. The Morgan fingerprint density at radius 3 is 2.59 bits per heavy atom. The van der Waals surface area contributed by atoms with Crippen LogP contribution in [0.15, 0.2) is 54.6 Å². The lowest BCUT2D eigenvalue weighted by atomic mass is 10.2. The Labute approximate surface area is 161 Å². The third-order valence-corrected chi connectivity index (χ3v) is 5.62. The summed E-state index contributed by atoms with van der Waals surface area (Å²) in [4.78, 5) is 27.3. The van der Waals surface area contributed by atoms with Gasteiger partial charge < -0.3 is 15.0 Å². The zero-order valence-corrected chi connectivity index (χ0v) is 15.6. The van der Waals surface area contributed by atoms with Crippen molar-refractivity contribution in [2.24, 2.45) is 0 Å². The molecule has 1 aliphatic heterocycles. The van der Waals surface area contributed by atoms with Crippen LogP contribution in [0.4, 0.5) is 5.69 Å². The number of fused-ring (bicyclic) bond motifs is 1. The van der Waals surface area contributed by atoms with E-state index in [9.17, 15) is 9.59 Å². The topological polar surface area (TPSA) is 58.6 Å². The van der Waals surface area contributed by atoms with Crippen LogP contribution in [0, 0.1) is 0 Å². The molecule has 0 atom stereocenters. The van der Waals surface area contributed by atoms with Gasteiger partial charge >= 0.3 is 0 Å². The lowest BCUT2D eigenvalue weighted by molar-refractivity contribution is -0.118. The molecule has 5 nitrogen and oxygen atoms in total. The summed E-state index contributed by atoms with van der Waals surface area (Å²) in [6, 6.07) is 16.8. The van der Waals surface area contributed by atoms with Gasteiger partial charge in [-0.25, -0.2) is 0 Å². The SMILES string of the molecule is O=C(COc1ccccc1)Nc1ccc2sc(C(=O)N3CCCC3)cc2c1. The number of likely N-dealkylation sites (tertiary alicyclic amines) is 1. The Bertz CT molecular complexity index is 962. The number of carbonyl (C=O) groups excluding carboxylic acids is 2. The zero-order chi connectivity index (χ0) is 18.6. The van der Waals surface area contributed by atoms with Gasteiger partial charge in [0.2, 0.25) is 0 Å². The highest BCUT2D eigenvalue weighted by molar-refractivity contribution is 7.20. The molecule has 2 aromatic carbocycles. The number of rotatable bonds is 5. The molecule has 1 fully saturated rings.